The van der Waals surface area contributed by atoms with E-state index in [4.69, 9.17) is 11.6 Å². The van der Waals surface area contributed by atoms with Gasteiger partial charge < -0.3 is 5.32 Å². The molecule has 106 valence electrons. The molecule has 2 aromatic rings. The van der Waals surface area contributed by atoms with Gasteiger partial charge in [0.1, 0.15) is 0 Å². The number of hydrogen-bond donors (Lipinski definition) is 1. The first-order valence-corrected chi connectivity index (χ1v) is 8.04. The van der Waals surface area contributed by atoms with Crippen LogP contribution in [-0.4, -0.2) is 0 Å². The molecule has 0 heterocycles. The summed E-state index contributed by atoms with van der Waals surface area (Å²) in [6, 6.07) is 17.1. The number of rotatable bonds is 5. The monoisotopic (exact) mass is 351 g/mol. The van der Waals surface area contributed by atoms with Crippen LogP contribution in [0, 0.1) is 0 Å². The molecule has 0 fully saturated rings. The summed E-state index contributed by atoms with van der Waals surface area (Å²) in [5, 5.41) is 4.46. The lowest BCUT2D eigenvalue weighted by Crippen LogP contribution is -2.24. The Morgan fingerprint density at radius 3 is 2.40 bits per heavy atom. The second kappa shape index (κ2) is 7.26. The minimum absolute atomic E-state index is 0.266. The third-order valence-electron chi connectivity index (χ3n) is 3.48. The SMILES string of the molecule is CCC(N[C@@H](C)c1cccc(Cl)c1)c1ccc(Br)cc1. The van der Waals surface area contributed by atoms with Crippen LogP contribution in [0.15, 0.2) is 53.0 Å². The molecule has 2 atom stereocenters. The molecule has 1 nitrogen and oxygen atoms in total. The Kier molecular flexibility index (Phi) is 5.64. The first-order valence-electron chi connectivity index (χ1n) is 6.87. The molecule has 0 saturated carbocycles. The third kappa shape index (κ3) is 4.08. The molecule has 0 amide bonds. The molecule has 0 spiro atoms. The highest BCUT2D eigenvalue weighted by Crippen LogP contribution is 2.24. The van der Waals surface area contributed by atoms with Crippen molar-refractivity contribution in [1.29, 1.82) is 0 Å². The van der Waals surface area contributed by atoms with E-state index in [1.54, 1.807) is 0 Å². The van der Waals surface area contributed by atoms with Crippen molar-refractivity contribution in [3.05, 3.63) is 69.2 Å². The van der Waals surface area contributed by atoms with Crippen molar-refractivity contribution < 1.29 is 0 Å². The minimum Gasteiger partial charge on any atom is -0.303 e. The summed E-state index contributed by atoms with van der Waals surface area (Å²) >= 11 is 9.54. The fourth-order valence-corrected chi connectivity index (χ4v) is 2.78. The van der Waals surface area contributed by atoms with Gasteiger partial charge in [0.05, 0.1) is 0 Å². The second-order valence-electron chi connectivity index (χ2n) is 4.96. The number of halogens is 2. The highest BCUT2D eigenvalue weighted by Gasteiger charge is 2.13. The molecular formula is C17H19BrClN. The van der Waals surface area contributed by atoms with Crippen LogP contribution in [0.4, 0.5) is 0 Å². The quantitative estimate of drug-likeness (QED) is 0.706. The highest BCUT2D eigenvalue weighted by atomic mass is 79.9. The number of nitrogens with one attached hydrogen (secondary N) is 1. The summed E-state index contributed by atoms with van der Waals surface area (Å²) in [5.74, 6) is 0. The molecule has 0 aliphatic rings. The molecule has 1 N–H and O–H groups in total. The van der Waals surface area contributed by atoms with E-state index in [0.29, 0.717) is 6.04 Å². The smallest absolute Gasteiger partial charge is 0.0409 e. The largest absolute Gasteiger partial charge is 0.303 e. The van der Waals surface area contributed by atoms with E-state index in [1.165, 1.54) is 11.1 Å². The lowest BCUT2D eigenvalue weighted by atomic mass is 10.0. The maximum Gasteiger partial charge on any atom is 0.0409 e. The van der Waals surface area contributed by atoms with Gasteiger partial charge in [-0.05, 0) is 48.7 Å². The number of hydrogen-bond acceptors (Lipinski definition) is 1. The average Bonchev–Trinajstić information content (AvgIpc) is 2.45. The third-order valence-corrected chi connectivity index (χ3v) is 4.24. The van der Waals surface area contributed by atoms with Crippen LogP contribution in [0.1, 0.15) is 43.5 Å². The molecule has 1 unspecified atom stereocenters. The Morgan fingerprint density at radius 1 is 1.10 bits per heavy atom. The summed E-state index contributed by atoms with van der Waals surface area (Å²) in [4.78, 5) is 0. The topological polar surface area (TPSA) is 12.0 Å². The van der Waals surface area contributed by atoms with Crippen molar-refractivity contribution in [2.45, 2.75) is 32.4 Å². The summed E-state index contributed by atoms with van der Waals surface area (Å²) in [6.45, 7) is 4.37. The molecule has 3 heteroatoms. The zero-order chi connectivity index (χ0) is 14.5. The van der Waals surface area contributed by atoms with Crippen molar-refractivity contribution in [3.8, 4) is 0 Å². The lowest BCUT2D eigenvalue weighted by Gasteiger charge is -2.23. The van der Waals surface area contributed by atoms with E-state index in [9.17, 15) is 0 Å². The summed E-state index contributed by atoms with van der Waals surface area (Å²) in [6.07, 6.45) is 1.05. The van der Waals surface area contributed by atoms with Crippen LogP contribution in [0.2, 0.25) is 5.02 Å². The zero-order valence-corrected chi connectivity index (χ0v) is 14.1. The summed E-state index contributed by atoms with van der Waals surface area (Å²) in [5.41, 5.74) is 2.53. The normalized spacial score (nSPS) is 14.0. The molecular weight excluding hydrogens is 334 g/mol. The van der Waals surface area contributed by atoms with Gasteiger partial charge in [-0.3, -0.25) is 0 Å². The predicted molar refractivity (Wildman–Crippen MR) is 90.2 cm³/mol. The standard InChI is InChI=1S/C17H19BrClN/c1-3-17(13-7-9-15(18)10-8-13)20-12(2)14-5-4-6-16(19)11-14/h4-12,17,20H,3H2,1-2H3/t12-,17?/m0/s1. The van der Waals surface area contributed by atoms with Gasteiger partial charge in [-0.1, -0.05) is 58.7 Å². The molecule has 0 radical (unpaired) electrons. The van der Waals surface area contributed by atoms with Gasteiger partial charge in [0.15, 0.2) is 0 Å². The van der Waals surface area contributed by atoms with E-state index in [-0.39, 0.29) is 6.04 Å². The van der Waals surface area contributed by atoms with E-state index >= 15 is 0 Å². The van der Waals surface area contributed by atoms with Crippen molar-refractivity contribution in [2.24, 2.45) is 0 Å². The van der Waals surface area contributed by atoms with Gasteiger partial charge in [0, 0.05) is 21.6 Å². The molecule has 0 saturated heterocycles. The molecule has 0 aromatic heterocycles. The van der Waals surface area contributed by atoms with Gasteiger partial charge in [-0.25, -0.2) is 0 Å². The van der Waals surface area contributed by atoms with Crippen molar-refractivity contribution in [3.63, 3.8) is 0 Å². The van der Waals surface area contributed by atoms with Crippen LogP contribution in [0.3, 0.4) is 0 Å². The van der Waals surface area contributed by atoms with E-state index in [2.05, 4.69) is 65.4 Å². The fraction of sp³-hybridized carbons (Fsp3) is 0.294. The molecule has 0 bridgehead atoms. The summed E-state index contributed by atoms with van der Waals surface area (Å²) < 4.78 is 1.11. The first-order chi connectivity index (χ1) is 9.60. The maximum atomic E-state index is 6.06. The molecule has 0 aliphatic heterocycles. The van der Waals surface area contributed by atoms with Crippen LogP contribution in [0.5, 0.6) is 0 Å². The van der Waals surface area contributed by atoms with E-state index in [0.717, 1.165) is 15.9 Å². The van der Waals surface area contributed by atoms with E-state index in [1.807, 2.05) is 18.2 Å². The lowest BCUT2D eigenvalue weighted by molar-refractivity contribution is 0.456. The van der Waals surface area contributed by atoms with Gasteiger partial charge in [-0.15, -0.1) is 0 Å². The Morgan fingerprint density at radius 2 is 1.80 bits per heavy atom. The van der Waals surface area contributed by atoms with Crippen molar-refractivity contribution in [1.82, 2.24) is 5.32 Å². The van der Waals surface area contributed by atoms with Crippen LogP contribution in [0.25, 0.3) is 0 Å². The van der Waals surface area contributed by atoms with Gasteiger partial charge in [0.25, 0.3) is 0 Å². The fourth-order valence-electron chi connectivity index (χ4n) is 2.32. The average molecular weight is 353 g/mol. The Bertz CT molecular complexity index is 553. The summed E-state index contributed by atoms with van der Waals surface area (Å²) in [7, 11) is 0. The molecule has 2 rings (SSSR count). The minimum atomic E-state index is 0.266. The molecule has 20 heavy (non-hydrogen) atoms. The van der Waals surface area contributed by atoms with Crippen molar-refractivity contribution >= 4 is 27.5 Å². The predicted octanol–water partition coefficient (Wildman–Crippen LogP) is 5.90. The molecule has 0 aliphatic carbocycles. The maximum absolute atomic E-state index is 6.06. The zero-order valence-electron chi connectivity index (χ0n) is 11.7. The van der Waals surface area contributed by atoms with Gasteiger partial charge >= 0.3 is 0 Å². The number of benzene rings is 2. The highest BCUT2D eigenvalue weighted by molar-refractivity contribution is 9.10. The molecule has 2 aromatic carbocycles. The first kappa shape index (κ1) is 15.6. The van der Waals surface area contributed by atoms with Crippen molar-refractivity contribution in [2.75, 3.05) is 0 Å². The Hall–Kier alpha value is -0.830. The van der Waals surface area contributed by atoms with E-state index < -0.39 is 0 Å². The second-order valence-corrected chi connectivity index (χ2v) is 6.31. The van der Waals surface area contributed by atoms with Gasteiger partial charge in [0.2, 0.25) is 0 Å². The Balaban J connectivity index is 2.11. The van der Waals surface area contributed by atoms with Crippen LogP contribution in [-0.2, 0) is 0 Å². The van der Waals surface area contributed by atoms with Crippen LogP contribution >= 0.6 is 27.5 Å². The Labute approximate surface area is 134 Å². The van der Waals surface area contributed by atoms with Crippen LogP contribution < -0.4 is 5.32 Å². The van der Waals surface area contributed by atoms with Gasteiger partial charge in [-0.2, -0.15) is 0 Å².